The molecule has 2 unspecified atom stereocenters. The van der Waals surface area contributed by atoms with E-state index in [2.05, 4.69) is 64.2 Å². The molecule has 19 heavy (non-hydrogen) atoms. The van der Waals surface area contributed by atoms with Crippen molar-refractivity contribution in [2.75, 3.05) is 6.54 Å². The van der Waals surface area contributed by atoms with E-state index in [-0.39, 0.29) is 5.41 Å². The van der Waals surface area contributed by atoms with Crippen molar-refractivity contribution in [3.63, 3.8) is 0 Å². The van der Waals surface area contributed by atoms with Crippen molar-refractivity contribution < 1.29 is 0 Å². The molecule has 0 radical (unpaired) electrons. The first kappa shape index (κ1) is 14.6. The number of hydrogen-bond donors (Lipinski definition) is 1. The lowest BCUT2D eigenvalue weighted by Gasteiger charge is -2.23. The van der Waals surface area contributed by atoms with Crippen LogP contribution in [0.25, 0.3) is 0 Å². The van der Waals surface area contributed by atoms with E-state index < -0.39 is 0 Å². The zero-order valence-corrected chi connectivity index (χ0v) is 13.2. The molecule has 0 amide bonds. The SMILES string of the molecule is CC(CNC1CC1)C(C)c1ccc(C(C)(C)C)cc1. The molecule has 1 fully saturated rings. The van der Waals surface area contributed by atoms with Gasteiger partial charge in [0.1, 0.15) is 0 Å². The molecule has 0 heterocycles. The lowest BCUT2D eigenvalue weighted by atomic mass is 9.83. The standard InChI is InChI=1S/C18H29N/c1-13(12-19-17-10-11-17)14(2)15-6-8-16(9-7-15)18(3,4)5/h6-9,13-14,17,19H,10-12H2,1-5H3. The molecular weight excluding hydrogens is 230 g/mol. The van der Waals surface area contributed by atoms with E-state index in [4.69, 9.17) is 0 Å². The number of benzene rings is 1. The molecule has 1 nitrogen and oxygen atoms in total. The van der Waals surface area contributed by atoms with Gasteiger partial charge in [0.2, 0.25) is 0 Å². The van der Waals surface area contributed by atoms with Gasteiger partial charge < -0.3 is 5.32 Å². The Kier molecular flexibility index (Phi) is 4.35. The fourth-order valence-corrected chi connectivity index (χ4v) is 2.43. The maximum Gasteiger partial charge on any atom is 0.00683 e. The molecule has 1 saturated carbocycles. The minimum atomic E-state index is 0.251. The topological polar surface area (TPSA) is 12.0 Å². The molecule has 0 spiro atoms. The second kappa shape index (κ2) is 5.66. The molecule has 0 aromatic heterocycles. The first-order valence-corrected chi connectivity index (χ1v) is 7.72. The molecule has 0 saturated heterocycles. The van der Waals surface area contributed by atoms with E-state index in [0.29, 0.717) is 11.8 Å². The van der Waals surface area contributed by atoms with Gasteiger partial charge >= 0.3 is 0 Å². The first-order valence-electron chi connectivity index (χ1n) is 7.72. The summed E-state index contributed by atoms with van der Waals surface area (Å²) in [7, 11) is 0. The third kappa shape index (κ3) is 4.07. The fourth-order valence-electron chi connectivity index (χ4n) is 2.43. The Balaban J connectivity index is 1.95. The second-order valence-corrected chi connectivity index (χ2v) is 7.32. The molecule has 2 atom stereocenters. The quantitative estimate of drug-likeness (QED) is 0.822. The highest BCUT2D eigenvalue weighted by molar-refractivity contribution is 5.29. The minimum absolute atomic E-state index is 0.251. The molecule has 1 aromatic rings. The molecule has 1 aliphatic carbocycles. The van der Waals surface area contributed by atoms with Gasteiger partial charge in [0.15, 0.2) is 0 Å². The molecule has 106 valence electrons. The van der Waals surface area contributed by atoms with Crippen LogP contribution in [0, 0.1) is 5.92 Å². The van der Waals surface area contributed by atoms with Crippen molar-refractivity contribution in [1.29, 1.82) is 0 Å². The Morgan fingerprint density at radius 2 is 1.68 bits per heavy atom. The third-order valence-corrected chi connectivity index (χ3v) is 4.46. The van der Waals surface area contributed by atoms with Gasteiger partial charge in [0.05, 0.1) is 0 Å². The van der Waals surface area contributed by atoms with E-state index in [1.54, 1.807) is 0 Å². The Bertz CT molecular complexity index is 395. The van der Waals surface area contributed by atoms with Gasteiger partial charge in [0, 0.05) is 6.04 Å². The first-order chi connectivity index (χ1) is 8.88. The minimum Gasteiger partial charge on any atom is -0.314 e. The van der Waals surface area contributed by atoms with Crippen LogP contribution in [-0.4, -0.2) is 12.6 Å². The maximum absolute atomic E-state index is 3.64. The molecule has 1 heteroatoms. The second-order valence-electron chi connectivity index (χ2n) is 7.32. The van der Waals surface area contributed by atoms with Crippen molar-refractivity contribution >= 4 is 0 Å². The summed E-state index contributed by atoms with van der Waals surface area (Å²) in [4.78, 5) is 0. The normalized spacial score (nSPS) is 19.2. The number of nitrogens with one attached hydrogen (secondary N) is 1. The predicted octanol–water partition coefficient (Wildman–Crippen LogP) is 4.48. The van der Waals surface area contributed by atoms with Crippen molar-refractivity contribution in [1.82, 2.24) is 5.32 Å². The van der Waals surface area contributed by atoms with E-state index >= 15 is 0 Å². The Labute approximate surface area is 118 Å². The number of rotatable bonds is 5. The van der Waals surface area contributed by atoms with E-state index in [9.17, 15) is 0 Å². The van der Waals surface area contributed by atoms with Gasteiger partial charge in [-0.05, 0) is 47.8 Å². The van der Waals surface area contributed by atoms with Gasteiger partial charge in [-0.2, -0.15) is 0 Å². The van der Waals surface area contributed by atoms with Crippen LogP contribution in [0.4, 0.5) is 0 Å². The van der Waals surface area contributed by atoms with E-state index in [0.717, 1.165) is 12.6 Å². The summed E-state index contributed by atoms with van der Waals surface area (Å²) in [6.45, 7) is 12.7. The van der Waals surface area contributed by atoms with Crippen LogP contribution in [0.2, 0.25) is 0 Å². The monoisotopic (exact) mass is 259 g/mol. The molecule has 1 aliphatic rings. The summed E-state index contributed by atoms with van der Waals surface area (Å²) < 4.78 is 0. The highest BCUT2D eigenvalue weighted by Gasteiger charge is 2.23. The van der Waals surface area contributed by atoms with Gasteiger partial charge in [-0.1, -0.05) is 58.9 Å². The zero-order chi connectivity index (χ0) is 14.0. The molecular formula is C18H29N. The molecule has 0 aliphatic heterocycles. The zero-order valence-electron chi connectivity index (χ0n) is 13.2. The van der Waals surface area contributed by atoms with E-state index in [1.807, 2.05) is 0 Å². The summed E-state index contributed by atoms with van der Waals surface area (Å²) in [5.74, 6) is 1.32. The Hall–Kier alpha value is -0.820. The Morgan fingerprint density at radius 3 is 2.16 bits per heavy atom. The van der Waals surface area contributed by atoms with Crippen LogP contribution in [0.1, 0.15) is 64.5 Å². The summed E-state index contributed by atoms with van der Waals surface area (Å²) in [6.07, 6.45) is 2.75. The summed E-state index contributed by atoms with van der Waals surface area (Å²) in [5.41, 5.74) is 3.14. The lowest BCUT2D eigenvalue weighted by Crippen LogP contribution is -2.26. The van der Waals surface area contributed by atoms with Gasteiger partial charge in [-0.25, -0.2) is 0 Å². The molecule has 1 aromatic carbocycles. The van der Waals surface area contributed by atoms with Crippen LogP contribution in [0.15, 0.2) is 24.3 Å². The van der Waals surface area contributed by atoms with Crippen LogP contribution in [-0.2, 0) is 5.41 Å². The van der Waals surface area contributed by atoms with E-state index in [1.165, 1.54) is 24.0 Å². The molecule has 0 bridgehead atoms. The highest BCUT2D eigenvalue weighted by Crippen LogP contribution is 2.28. The summed E-state index contributed by atoms with van der Waals surface area (Å²) >= 11 is 0. The van der Waals surface area contributed by atoms with Crippen molar-refractivity contribution in [3.05, 3.63) is 35.4 Å². The van der Waals surface area contributed by atoms with Crippen molar-refractivity contribution in [2.24, 2.45) is 5.92 Å². The fraction of sp³-hybridized carbons (Fsp3) is 0.667. The smallest absolute Gasteiger partial charge is 0.00683 e. The van der Waals surface area contributed by atoms with Crippen LogP contribution < -0.4 is 5.32 Å². The molecule has 2 rings (SSSR count). The predicted molar refractivity (Wildman–Crippen MR) is 83.7 cm³/mol. The third-order valence-electron chi connectivity index (χ3n) is 4.46. The van der Waals surface area contributed by atoms with Crippen LogP contribution >= 0.6 is 0 Å². The average molecular weight is 259 g/mol. The van der Waals surface area contributed by atoms with Crippen molar-refractivity contribution in [2.45, 2.75) is 64.8 Å². The number of hydrogen-bond acceptors (Lipinski definition) is 1. The van der Waals surface area contributed by atoms with Crippen molar-refractivity contribution in [3.8, 4) is 0 Å². The van der Waals surface area contributed by atoms with Gasteiger partial charge in [0.25, 0.3) is 0 Å². The van der Waals surface area contributed by atoms with Gasteiger partial charge in [-0.15, -0.1) is 0 Å². The Morgan fingerprint density at radius 1 is 1.11 bits per heavy atom. The largest absolute Gasteiger partial charge is 0.314 e. The maximum atomic E-state index is 3.64. The average Bonchev–Trinajstić information content (AvgIpc) is 3.18. The van der Waals surface area contributed by atoms with Crippen LogP contribution in [0.5, 0.6) is 0 Å². The molecule has 1 N–H and O–H groups in total. The summed E-state index contributed by atoms with van der Waals surface area (Å²) in [6, 6.07) is 10.1. The summed E-state index contributed by atoms with van der Waals surface area (Å²) in [5, 5.41) is 3.64. The van der Waals surface area contributed by atoms with Gasteiger partial charge in [-0.3, -0.25) is 0 Å². The highest BCUT2D eigenvalue weighted by atomic mass is 14.9. The lowest BCUT2D eigenvalue weighted by molar-refractivity contribution is 0.446. The van der Waals surface area contributed by atoms with Crippen LogP contribution in [0.3, 0.4) is 0 Å².